The van der Waals surface area contributed by atoms with Crippen LogP contribution in [-0.4, -0.2) is 0 Å². The van der Waals surface area contributed by atoms with E-state index in [9.17, 15) is 0 Å². The van der Waals surface area contributed by atoms with Crippen molar-refractivity contribution in [3.8, 4) is 0 Å². The van der Waals surface area contributed by atoms with Gasteiger partial charge in [-0.3, -0.25) is 0 Å². The van der Waals surface area contributed by atoms with E-state index >= 15 is 0 Å². The molecule has 0 N–H and O–H groups in total. The van der Waals surface area contributed by atoms with Crippen LogP contribution in [-0.2, 0) is 0 Å². The van der Waals surface area contributed by atoms with Crippen LogP contribution < -0.4 is 0 Å². The number of hydrogen-bond acceptors (Lipinski definition) is 0. The summed E-state index contributed by atoms with van der Waals surface area (Å²) in [5.41, 5.74) is 0. The Hall–Kier alpha value is 0. The Kier molecular flexibility index (Phi) is 8.59. The summed E-state index contributed by atoms with van der Waals surface area (Å²) in [6, 6.07) is 0. The molecule has 0 aliphatic rings. The SMILES string of the molecule is [CH2]CCCC(CC)CC(C)CC[CH2]. The highest BCUT2D eigenvalue weighted by atomic mass is 14.2. The van der Waals surface area contributed by atoms with E-state index in [2.05, 4.69) is 27.7 Å². The van der Waals surface area contributed by atoms with Gasteiger partial charge in [-0.25, -0.2) is 0 Å². The molecule has 0 aromatic carbocycles. The summed E-state index contributed by atoms with van der Waals surface area (Å²) in [7, 11) is 0. The van der Waals surface area contributed by atoms with Crippen LogP contribution in [0.1, 0.15) is 58.8 Å². The average Bonchev–Trinajstić information content (AvgIpc) is 2.12. The summed E-state index contributed by atoms with van der Waals surface area (Å²) in [6.45, 7) is 12.5. The van der Waals surface area contributed by atoms with Crippen molar-refractivity contribution in [2.75, 3.05) is 0 Å². The van der Waals surface area contributed by atoms with Gasteiger partial charge in [-0.15, -0.1) is 0 Å². The molecule has 0 saturated carbocycles. The molecule has 0 bridgehead atoms. The van der Waals surface area contributed by atoms with Crippen molar-refractivity contribution in [2.24, 2.45) is 11.8 Å². The molecule has 0 aromatic heterocycles. The molecule has 2 radical (unpaired) electrons. The third-order valence-electron chi connectivity index (χ3n) is 2.87. The summed E-state index contributed by atoms with van der Waals surface area (Å²) >= 11 is 0. The zero-order chi connectivity index (χ0) is 10.1. The molecule has 0 fully saturated rings. The number of hydrogen-bond donors (Lipinski definition) is 0. The maximum absolute atomic E-state index is 3.91. The van der Waals surface area contributed by atoms with Crippen molar-refractivity contribution in [2.45, 2.75) is 58.8 Å². The molecular weight excluding hydrogens is 156 g/mol. The van der Waals surface area contributed by atoms with Gasteiger partial charge >= 0.3 is 0 Å². The summed E-state index contributed by atoms with van der Waals surface area (Å²) < 4.78 is 0. The van der Waals surface area contributed by atoms with E-state index in [4.69, 9.17) is 0 Å². The molecular formula is C13H26. The van der Waals surface area contributed by atoms with Crippen LogP contribution in [0.2, 0.25) is 0 Å². The van der Waals surface area contributed by atoms with Crippen molar-refractivity contribution >= 4 is 0 Å². The van der Waals surface area contributed by atoms with Gasteiger partial charge in [0.1, 0.15) is 0 Å². The Morgan fingerprint density at radius 3 is 2.23 bits per heavy atom. The molecule has 0 aromatic rings. The average molecular weight is 182 g/mol. The first-order valence-electron chi connectivity index (χ1n) is 5.83. The van der Waals surface area contributed by atoms with E-state index in [0.717, 1.165) is 24.7 Å². The fourth-order valence-electron chi connectivity index (χ4n) is 1.96. The third kappa shape index (κ3) is 7.10. The molecule has 0 spiro atoms. The Bertz CT molecular complexity index is 96.2. The lowest BCUT2D eigenvalue weighted by Gasteiger charge is -2.18. The molecule has 0 nitrogen and oxygen atoms in total. The lowest BCUT2D eigenvalue weighted by Crippen LogP contribution is -2.05. The first-order valence-corrected chi connectivity index (χ1v) is 5.83. The zero-order valence-corrected chi connectivity index (χ0v) is 9.52. The van der Waals surface area contributed by atoms with Gasteiger partial charge in [-0.1, -0.05) is 66.2 Å². The van der Waals surface area contributed by atoms with E-state index in [1.54, 1.807) is 0 Å². The van der Waals surface area contributed by atoms with Crippen molar-refractivity contribution in [3.05, 3.63) is 13.8 Å². The topological polar surface area (TPSA) is 0 Å². The van der Waals surface area contributed by atoms with Crippen LogP contribution >= 0.6 is 0 Å². The highest BCUT2D eigenvalue weighted by Crippen LogP contribution is 2.23. The third-order valence-corrected chi connectivity index (χ3v) is 2.87. The molecule has 0 aliphatic heterocycles. The molecule has 13 heavy (non-hydrogen) atoms. The Morgan fingerprint density at radius 1 is 1.08 bits per heavy atom. The first-order chi connectivity index (χ1) is 6.24. The van der Waals surface area contributed by atoms with E-state index in [0.29, 0.717) is 0 Å². The van der Waals surface area contributed by atoms with Crippen molar-refractivity contribution in [1.82, 2.24) is 0 Å². The van der Waals surface area contributed by atoms with Gasteiger partial charge in [0.05, 0.1) is 0 Å². The Morgan fingerprint density at radius 2 is 1.77 bits per heavy atom. The molecule has 0 aliphatic carbocycles. The zero-order valence-electron chi connectivity index (χ0n) is 9.52. The van der Waals surface area contributed by atoms with E-state index in [1.807, 2.05) is 0 Å². The van der Waals surface area contributed by atoms with Gasteiger partial charge in [0, 0.05) is 0 Å². The second kappa shape index (κ2) is 8.59. The van der Waals surface area contributed by atoms with E-state index in [1.165, 1.54) is 32.1 Å². The van der Waals surface area contributed by atoms with Gasteiger partial charge in [0.15, 0.2) is 0 Å². The van der Waals surface area contributed by atoms with Crippen molar-refractivity contribution < 1.29 is 0 Å². The van der Waals surface area contributed by atoms with Gasteiger partial charge < -0.3 is 0 Å². The monoisotopic (exact) mass is 182 g/mol. The van der Waals surface area contributed by atoms with Crippen LogP contribution in [0, 0.1) is 25.7 Å². The lowest BCUT2D eigenvalue weighted by molar-refractivity contribution is 0.342. The van der Waals surface area contributed by atoms with Crippen LogP contribution in [0.5, 0.6) is 0 Å². The molecule has 0 heteroatoms. The highest BCUT2D eigenvalue weighted by Gasteiger charge is 2.10. The van der Waals surface area contributed by atoms with Crippen molar-refractivity contribution in [3.63, 3.8) is 0 Å². The molecule has 2 unspecified atom stereocenters. The molecule has 0 amide bonds. The van der Waals surface area contributed by atoms with Gasteiger partial charge in [-0.2, -0.15) is 0 Å². The molecule has 0 heterocycles. The fourth-order valence-corrected chi connectivity index (χ4v) is 1.96. The largest absolute Gasteiger partial charge is 0.0651 e. The highest BCUT2D eigenvalue weighted by molar-refractivity contribution is 4.63. The van der Waals surface area contributed by atoms with Gasteiger partial charge in [0.25, 0.3) is 0 Å². The molecule has 0 rings (SSSR count). The predicted molar refractivity (Wildman–Crippen MR) is 61.4 cm³/mol. The minimum atomic E-state index is 0.868. The Balaban J connectivity index is 3.56. The van der Waals surface area contributed by atoms with E-state index in [-0.39, 0.29) is 0 Å². The van der Waals surface area contributed by atoms with Crippen molar-refractivity contribution in [1.29, 1.82) is 0 Å². The number of rotatable bonds is 8. The molecule has 2 atom stereocenters. The van der Waals surface area contributed by atoms with Crippen LogP contribution in [0.3, 0.4) is 0 Å². The van der Waals surface area contributed by atoms with Gasteiger partial charge in [-0.05, 0) is 18.3 Å². The maximum atomic E-state index is 3.91. The molecule has 78 valence electrons. The van der Waals surface area contributed by atoms with E-state index < -0.39 is 0 Å². The van der Waals surface area contributed by atoms with Crippen LogP contribution in [0.25, 0.3) is 0 Å². The van der Waals surface area contributed by atoms with Crippen LogP contribution in [0.4, 0.5) is 0 Å². The second-order valence-electron chi connectivity index (χ2n) is 4.25. The quantitative estimate of drug-likeness (QED) is 0.512. The minimum Gasteiger partial charge on any atom is -0.0651 e. The summed E-state index contributed by atoms with van der Waals surface area (Å²) in [5, 5.41) is 0. The minimum absolute atomic E-state index is 0.868. The first kappa shape index (κ1) is 13.0. The van der Waals surface area contributed by atoms with Crippen LogP contribution in [0.15, 0.2) is 0 Å². The smallest absolute Gasteiger partial charge is 0.0414 e. The standard InChI is InChI=1S/C13H26/c1-5-8-10-13(7-3)11-12(4)9-6-2/h12-13H,1-2,5-11H2,3-4H3. The van der Waals surface area contributed by atoms with Gasteiger partial charge in [0.2, 0.25) is 0 Å². The predicted octanol–water partition coefficient (Wildman–Crippen LogP) is 4.66. The maximum Gasteiger partial charge on any atom is -0.0414 e. The second-order valence-corrected chi connectivity index (χ2v) is 4.25. The Labute approximate surface area is 85.1 Å². The normalized spacial score (nSPS) is 15.7. The summed E-state index contributed by atoms with van der Waals surface area (Å²) in [6.07, 6.45) is 8.89. The number of unbranched alkanes of at least 4 members (excludes halogenated alkanes) is 1. The summed E-state index contributed by atoms with van der Waals surface area (Å²) in [5.74, 6) is 1.80. The molecule has 0 saturated heterocycles. The fraction of sp³-hybridized carbons (Fsp3) is 0.846. The summed E-state index contributed by atoms with van der Waals surface area (Å²) in [4.78, 5) is 0. The lowest BCUT2D eigenvalue weighted by atomic mass is 9.88.